The minimum absolute atomic E-state index is 0.111. The van der Waals surface area contributed by atoms with Gasteiger partial charge in [-0.2, -0.15) is 0 Å². The predicted molar refractivity (Wildman–Crippen MR) is 146 cm³/mol. The molecule has 7 nitrogen and oxygen atoms in total. The molecule has 0 N–H and O–H groups in total. The summed E-state index contributed by atoms with van der Waals surface area (Å²) >= 11 is 0. The fourth-order valence-electron chi connectivity index (χ4n) is 5.12. The lowest BCUT2D eigenvalue weighted by Gasteiger charge is -2.24. The Balaban J connectivity index is 1.42. The van der Waals surface area contributed by atoms with Gasteiger partial charge in [-0.1, -0.05) is 50.5 Å². The summed E-state index contributed by atoms with van der Waals surface area (Å²) in [5, 5.41) is 0. The summed E-state index contributed by atoms with van der Waals surface area (Å²) in [6.45, 7) is 7.94. The lowest BCUT2D eigenvalue weighted by atomic mass is 9.98. The van der Waals surface area contributed by atoms with E-state index in [0.29, 0.717) is 23.4 Å². The van der Waals surface area contributed by atoms with Crippen molar-refractivity contribution in [1.29, 1.82) is 0 Å². The van der Waals surface area contributed by atoms with Crippen LogP contribution in [0.1, 0.15) is 94.1 Å². The Morgan fingerprint density at radius 2 is 1.58 bits per heavy atom. The van der Waals surface area contributed by atoms with Crippen LogP contribution in [0, 0.1) is 0 Å². The van der Waals surface area contributed by atoms with Gasteiger partial charge >= 0.3 is 5.97 Å². The van der Waals surface area contributed by atoms with Crippen LogP contribution in [0.5, 0.6) is 5.75 Å². The molecule has 1 saturated carbocycles. The highest BCUT2D eigenvalue weighted by Crippen LogP contribution is 2.40. The van der Waals surface area contributed by atoms with Gasteiger partial charge in [-0.15, -0.1) is 0 Å². The van der Waals surface area contributed by atoms with E-state index in [2.05, 4.69) is 6.92 Å². The molecule has 1 aliphatic heterocycles. The lowest BCUT2D eigenvalue weighted by Crippen LogP contribution is -2.40. The van der Waals surface area contributed by atoms with Gasteiger partial charge < -0.3 is 9.47 Å². The first-order valence-corrected chi connectivity index (χ1v) is 13.7. The molecule has 0 aromatic heterocycles. The van der Waals surface area contributed by atoms with Gasteiger partial charge in [0.15, 0.2) is 11.4 Å². The Kier molecular flexibility index (Phi) is 8.34. The number of unbranched alkanes of at least 4 members (excludes halogenated alkanes) is 1. The summed E-state index contributed by atoms with van der Waals surface area (Å²) in [4.78, 5) is 45.4. The maximum Gasteiger partial charge on any atom is 0.349 e. The zero-order chi connectivity index (χ0) is 27.3. The molecule has 7 heteroatoms. The maximum atomic E-state index is 13.4. The standard InChI is InChI=1S/C31H38N2O5/c1-5-7-10-26-32-31(19-8-9-20-31)28(35)33(26)21-22-11-13-23(14-12-22)27(34)24-15-17-25(18-16-24)38-30(3,4)29(36)37-6-2/h11-18H,5-10,19-21H2,1-4H3. The van der Waals surface area contributed by atoms with Crippen LogP contribution in [0.2, 0.25) is 0 Å². The molecule has 1 aliphatic carbocycles. The van der Waals surface area contributed by atoms with E-state index in [4.69, 9.17) is 14.5 Å². The molecule has 2 aromatic rings. The van der Waals surface area contributed by atoms with E-state index in [1.165, 1.54) is 0 Å². The van der Waals surface area contributed by atoms with Gasteiger partial charge in [-0.25, -0.2) is 4.79 Å². The van der Waals surface area contributed by atoms with Crippen molar-refractivity contribution in [2.75, 3.05) is 6.61 Å². The molecule has 4 rings (SSSR count). The minimum Gasteiger partial charge on any atom is -0.476 e. The lowest BCUT2D eigenvalue weighted by molar-refractivity contribution is -0.158. The highest BCUT2D eigenvalue weighted by molar-refractivity contribution is 6.09. The molecule has 0 bridgehead atoms. The number of esters is 1. The van der Waals surface area contributed by atoms with Crippen LogP contribution in [0.3, 0.4) is 0 Å². The van der Waals surface area contributed by atoms with Crippen molar-refractivity contribution in [3.63, 3.8) is 0 Å². The highest BCUT2D eigenvalue weighted by atomic mass is 16.6. The second-order valence-electron chi connectivity index (χ2n) is 10.6. The van der Waals surface area contributed by atoms with Gasteiger partial charge in [0.1, 0.15) is 17.1 Å². The van der Waals surface area contributed by atoms with Gasteiger partial charge in [0.25, 0.3) is 5.91 Å². The number of amides is 1. The third-order valence-corrected chi connectivity index (χ3v) is 7.30. The number of rotatable bonds is 11. The number of amidine groups is 1. The third-order valence-electron chi connectivity index (χ3n) is 7.30. The summed E-state index contributed by atoms with van der Waals surface area (Å²) in [7, 11) is 0. The highest BCUT2D eigenvalue weighted by Gasteiger charge is 2.49. The van der Waals surface area contributed by atoms with E-state index < -0.39 is 17.1 Å². The molecule has 1 fully saturated rings. The first kappa shape index (κ1) is 27.6. The average molecular weight is 519 g/mol. The molecule has 38 heavy (non-hydrogen) atoms. The molecule has 0 saturated heterocycles. The number of hydrogen-bond acceptors (Lipinski definition) is 6. The van der Waals surface area contributed by atoms with Gasteiger partial charge in [0, 0.05) is 17.5 Å². The minimum atomic E-state index is -1.13. The second-order valence-corrected chi connectivity index (χ2v) is 10.6. The molecule has 1 spiro atoms. The van der Waals surface area contributed by atoms with Crippen LogP contribution < -0.4 is 4.74 Å². The molecule has 202 valence electrons. The summed E-state index contributed by atoms with van der Waals surface area (Å²) in [5.74, 6) is 0.964. The van der Waals surface area contributed by atoms with Crippen LogP contribution in [0.25, 0.3) is 0 Å². The van der Waals surface area contributed by atoms with E-state index in [-0.39, 0.29) is 18.3 Å². The van der Waals surface area contributed by atoms with Crippen LogP contribution in [-0.2, 0) is 20.9 Å². The van der Waals surface area contributed by atoms with E-state index in [9.17, 15) is 14.4 Å². The predicted octanol–water partition coefficient (Wildman–Crippen LogP) is 5.88. The normalized spacial score (nSPS) is 16.6. The molecule has 2 aromatic carbocycles. The number of aliphatic imine (C=N–C) groups is 1. The third kappa shape index (κ3) is 5.82. The SMILES string of the molecule is CCCCC1=NC2(CCCC2)C(=O)N1Cc1ccc(C(=O)c2ccc(OC(C)(C)C(=O)OCC)cc2)cc1. The van der Waals surface area contributed by atoms with Crippen LogP contribution in [0.4, 0.5) is 0 Å². The summed E-state index contributed by atoms with van der Waals surface area (Å²) in [6, 6.07) is 14.2. The Bertz CT molecular complexity index is 1190. The van der Waals surface area contributed by atoms with Crippen LogP contribution in [0.15, 0.2) is 53.5 Å². The van der Waals surface area contributed by atoms with Crippen molar-refractivity contribution in [3.8, 4) is 5.75 Å². The van der Waals surface area contributed by atoms with Gasteiger partial charge in [0.05, 0.1) is 13.2 Å². The molecule has 2 aliphatic rings. The smallest absolute Gasteiger partial charge is 0.349 e. The van der Waals surface area contributed by atoms with E-state index in [0.717, 1.165) is 56.3 Å². The van der Waals surface area contributed by atoms with E-state index >= 15 is 0 Å². The molecular formula is C31H38N2O5. The maximum absolute atomic E-state index is 13.4. The fraction of sp³-hybridized carbons (Fsp3) is 0.484. The topological polar surface area (TPSA) is 85.3 Å². The molecular weight excluding hydrogens is 480 g/mol. The fourth-order valence-corrected chi connectivity index (χ4v) is 5.12. The second kappa shape index (κ2) is 11.5. The Morgan fingerprint density at radius 1 is 0.974 bits per heavy atom. The zero-order valence-corrected chi connectivity index (χ0v) is 22.9. The first-order valence-electron chi connectivity index (χ1n) is 13.7. The van der Waals surface area contributed by atoms with E-state index in [1.807, 2.05) is 17.0 Å². The zero-order valence-electron chi connectivity index (χ0n) is 22.9. The van der Waals surface area contributed by atoms with Gasteiger partial charge in [0.2, 0.25) is 0 Å². The largest absolute Gasteiger partial charge is 0.476 e. The van der Waals surface area contributed by atoms with Gasteiger partial charge in [-0.05, 0) is 69.9 Å². The number of nitrogens with zero attached hydrogens (tertiary/aromatic N) is 2. The number of ether oxygens (including phenoxy) is 2. The average Bonchev–Trinajstić information content (AvgIpc) is 3.48. The Labute approximate surface area is 225 Å². The van der Waals surface area contributed by atoms with Crippen molar-refractivity contribution in [3.05, 3.63) is 65.2 Å². The van der Waals surface area contributed by atoms with E-state index in [1.54, 1.807) is 57.2 Å². The van der Waals surface area contributed by atoms with Crippen molar-refractivity contribution >= 4 is 23.5 Å². The molecule has 1 heterocycles. The van der Waals surface area contributed by atoms with Gasteiger partial charge in [-0.3, -0.25) is 19.5 Å². The van der Waals surface area contributed by atoms with Crippen molar-refractivity contribution in [2.45, 2.75) is 90.3 Å². The molecule has 0 atom stereocenters. The summed E-state index contributed by atoms with van der Waals surface area (Å²) in [6.07, 6.45) is 6.67. The van der Waals surface area contributed by atoms with Crippen molar-refractivity contribution < 1.29 is 23.9 Å². The molecule has 1 amide bonds. The molecule has 0 unspecified atom stereocenters. The van der Waals surface area contributed by atoms with Crippen LogP contribution in [-0.4, -0.2) is 46.1 Å². The number of carbonyl (C=O) groups excluding carboxylic acids is 3. The number of carbonyl (C=O) groups is 3. The van der Waals surface area contributed by atoms with Crippen molar-refractivity contribution in [2.24, 2.45) is 4.99 Å². The quantitative estimate of drug-likeness (QED) is 0.274. The monoisotopic (exact) mass is 518 g/mol. The number of hydrogen-bond donors (Lipinski definition) is 0. The number of benzene rings is 2. The van der Waals surface area contributed by atoms with Crippen molar-refractivity contribution in [1.82, 2.24) is 4.90 Å². The summed E-state index contributed by atoms with van der Waals surface area (Å²) < 4.78 is 10.8. The van der Waals surface area contributed by atoms with Crippen LogP contribution >= 0.6 is 0 Å². The number of ketones is 1. The summed E-state index contributed by atoms with van der Waals surface area (Å²) in [5.41, 5.74) is 0.381. The Hall–Kier alpha value is -3.48. The Morgan fingerprint density at radius 3 is 2.16 bits per heavy atom. The molecule has 0 radical (unpaired) electrons. The first-order chi connectivity index (χ1) is 18.2.